The van der Waals surface area contributed by atoms with E-state index in [9.17, 15) is 18.0 Å². The lowest BCUT2D eigenvalue weighted by Crippen LogP contribution is -2.43. The quantitative estimate of drug-likeness (QED) is 0.852. The van der Waals surface area contributed by atoms with Crippen LogP contribution in [0.5, 0.6) is 0 Å². The van der Waals surface area contributed by atoms with Gasteiger partial charge in [-0.2, -0.15) is 13.2 Å². The van der Waals surface area contributed by atoms with Gasteiger partial charge in [0.25, 0.3) is 0 Å². The first-order chi connectivity index (χ1) is 8.97. The lowest BCUT2D eigenvalue weighted by molar-refractivity contribution is -0.141. The van der Waals surface area contributed by atoms with Crippen molar-refractivity contribution in [2.75, 3.05) is 31.6 Å². The van der Waals surface area contributed by atoms with Gasteiger partial charge in [0, 0.05) is 13.1 Å². The van der Waals surface area contributed by atoms with Crippen molar-refractivity contribution in [2.45, 2.75) is 6.18 Å². The van der Waals surface area contributed by atoms with Crippen LogP contribution in [0.1, 0.15) is 5.69 Å². The molecule has 2 heterocycles. The van der Waals surface area contributed by atoms with Gasteiger partial charge < -0.3 is 15.0 Å². The van der Waals surface area contributed by atoms with Crippen molar-refractivity contribution in [2.24, 2.45) is 0 Å². The molecule has 0 aliphatic carbocycles. The predicted octanol–water partition coefficient (Wildman–Crippen LogP) is 1.96. The SMILES string of the molecule is O=C(Nc1ccc(C(F)(F)F)nc1)N1CCOCC1. The summed E-state index contributed by atoms with van der Waals surface area (Å²) < 4.78 is 42.0. The van der Waals surface area contributed by atoms with Crippen LogP contribution in [0.25, 0.3) is 0 Å². The number of carbonyl (C=O) groups excluding carboxylic acids is 1. The van der Waals surface area contributed by atoms with Gasteiger partial charge >= 0.3 is 12.2 Å². The minimum atomic E-state index is -4.48. The molecule has 1 aliphatic heterocycles. The number of halogens is 3. The zero-order valence-electron chi connectivity index (χ0n) is 9.91. The molecule has 1 N–H and O–H groups in total. The van der Waals surface area contributed by atoms with E-state index in [4.69, 9.17) is 4.74 Å². The average Bonchev–Trinajstić information content (AvgIpc) is 2.39. The van der Waals surface area contributed by atoms with Crippen LogP contribution >= 0.6 is 0 Å². The fraction of sp³-hybridized carbons (Fsp3) is 0.455. The minimum absolute atomic E-state index is 0.226. The van der Waals surface area contributed by atoms with Gasteiger partial charge in [-0.1, -0.05) is 0 Å². The summed E-state index contributed by atoms with van der Waals surface area (Å²) in [6.07, 6.45) is -3.49. The Hall–Kier alpha value is -1.83. The van der Waals surface area contributed by atoms with Gasteiger partial charge in [-0.3, -0.25) is 0 Å². The third-order valence-electron chi connectivity index (χ3n) is 2.60. The van der Waals surface area contributed by atoms with E-state index in [1.54, 1.807) is 0 Å². The number of ether oxygens (including phenoxy) is 1. The first-order valence-corrected chi connectivity index (χ1v) is 5.64. The maximum Gasteiger partial charge on any atom is 0.433 e. The number of pyridine rings is 1. The smallest absolute Gasteiger partial charge is 0.378 e. The molecular weight excluding hydrogens is 263 g/mol. The van der Waals surface area contributed by atoms with Crippen LogP contribution in [0.15, 0.2) is 18.3 Å². The second-order valence-corrected chi connectivity index (χ2v) is 3.96. The molecule has 8 heteroatoms. The number of nitrogens with one attached hydrogen (secondary N) is 1. The van der Waals surface area contributed by atoms with E-state index < -0.39 is 11.9 Å². The fourth-order valence-corrected chi connectivity index (χ4v) is 1.60. The standard InChI is InChI=1S/C11H12F3N3O2/c12-11(13,14)9-2-1-8(7-15-9)16-10(18)17-3-5-19-6-4-17/h1-2,7H,3-6H2,(H,16,18). The molecule has 0 aromatic carbocycles. The maximum atomic E-state index is 12.3. The Kier molecular flexibility index (Phi) is 3.89. The van der Waals surface area contributed by atoms with E-state index in [0.29, 0.717) is 26.3 Å². The van der Waals surface area contributed by atoms with Crippen molar-refractivity contribution in [3.8, 4) is 0 Å². The highest BCUT2D eigenvalue weighted by Crippen LogP contribution is 2.27. The molecule has 0 unspecified atom stereocenters. The van der Waals surface area contributed by atoms with Gasteiger partial charge in [0.1, 0.15) is 5.69 Å². The van der Waals surface area contributed by atoms with Crippen molar-refractivity contribution in [1.29, 1.82) is 0 Å². The fourth-order valence-electron chi connectivity index (χ4n) is 1.60. The highest BCUT2D eigenvalue weighted by molar-refractivity contribution is 5.89. The monoisotopic (exact) mass is 275 g/mol. The Morgan fingerprint density at radius 3 is 2.53 bits per heavy atom. The van der Waals surface area contributed by atoms with Crippen LogP contribution in [-0.4, -0.2) is 42.2 Å². The molecule has 5 nitrogen and oxygen atoms in total. The van der Waals surface area contributed by atoms with E-state index >= 15 is 0 Å². The molecule has 1 fully saturated rings. The molecule has 0 saturated carbocycles. The summed E-state index contributed by atoms with van der Waals surface area (Å²) >= 11 is 0. The number of rotatable bonds is 1. The molecule has 0 atom stereocenters. The predicted molar refractivity (Wildman–Crippen MR) is 60.6 cm³/mol. The van der Waals surface area contributed by atoms with Crippen molar-refractivity contribution >= 4 is 11.7 Å². The summed E-state index contributed by atoms with van der Waals surface area (Å²) in [5, 5.41) is 2.49. The molecule has 1 aromatic rings. The number of amides is 2. The summed E-state index contributed by atoms with van der Waals surface area (Å²) in [5.41, 5.74) is -0.763. The molecule has 1 aliphatic rings. The second kappa shape index (κ2) is 5.43. The normalized spacial score (nSPS) is 16.3. The van der Waals surface area contributed by atoms with E-state index in [2.05, 4.69) is 10.3 Å². The molecule has 1 saturated heterocycles. The Morgan fingerprint density at radius 1 is 1.32 bits per heavy atom. The second-order valence-electron chi connectivity index (χ2n) is 3.96. The van der Waals surface area contributed by atoms with Gasteiger partial charge in [-0.15, -0.1) is 0 Å². The lowest BCUT2D eigenvalue weighted by Gasteiger charge is -2.26. The zero-order chi connectivity index (χ0) is 13.9. The van der Waals surface area contributed by atoms with Gasteiger partial charge in [-0.25, -0.2) is 9.78 Å². The summed E-state index contributed by atoms with van der Waals surface area (Å²) in [6.45, 7) is 1.83. The summed E-state index contributed by atoms with van der Waals surface area (Å²) in [4.78, 5) is 16.6. The number of aromatic nitrogens is 1. The Balaban J connectivity index is 1.97. The zero-order valence-corrected chi connectivity index (χ0v) is 9.91. The van der Waals surface area contributed by atoms with Crippen molar-refractivity contribution < 1.29 is 22.7 Å². The Labute approximate surface area is 107 Å². The third kappa shape index (κ3) is 3.57. The highest BCUT2D eigenvalue weighted by Gasteiger charge is 2.32. The molecule has 0 bridgehead atoms. The Bertz CT molecular complexity index is 441. The Morgan fingerprint density at radius 2 is 2.00 bits per heavy atom. The molecule has 2 amide bonds. The third-order valence-corrected chi connectivity index (χ3v) is 2.60. The lowest BCUT2D eigenvalue weighted by atomic mass is 10.3. The number of alkyl halides is 3. The molecule has 2 rings (SSSR count). The molecular formula is C11H12F3N3O2. The largest absolute Gasteiger partial charge is 0.433 e. The maximum absolute atomic E-state index is 12.3. The first kappa shape index (κ1) is 13.6. The average molecular weight is 275 g/mol. The number of anilines is 1. The molecule has 19 heavy (non-hydrogen) atoms. The van der Waals surface area contributed by atoms with Crippen LogP contribution < -0.4 is 5.32 Å². The van der Waals surface area contributed by atoms with Crippen LogP contribution in [0, 0.1) is 0 Å². The van der Waals surface area contributed by atoms with E-state index in [-0.39, 0.29) is 11.7 Å². The van der Waals surface area contributed by atoms with Crippen LogP contribution in [0.2, 0.25) is 0 Å². The number of hydrogen-bond donors (Lipinski definition) is 1. The summed E-state index contributed by atoms with van der Waals surface area (Å²) in [5.74, 6) is 0. The summed E-state index contributed by atoms with van der Waals surface area (Å²) in [7, 11) is 0. The molecule has 0 spiro atoms. The van der Waals surface area contributed by atoms with Crippen LogP contribution in [-0.2, 0) is 10.9 Å². The topological polar surface area (TPSA) is 54.5 Å². The van der Waals surface area contributed by atoms with E-state index in [0.717, 1.165) is 12.3 Å². The van der Waals surface area contributed by atoms with Gasteiger partial charge in [0.2, 0.25) is 0 Å². The van der Waals surface area contributed by atoms with Crippen molar-refractivity contribution in [1.82, 2.24) is 9.88 Å². The number of nitrogens with zero attached hydrogens (tertiary/aromatic N) is 2. The number of carbonyl (C=O) groups is 1. The van der Waals surface area contributed by atoms with Crippen molar-refractivity contribution in [3.63, 3.8) is 0 Å². The number of morpholine rings is 1. The molecule has 104 valence electrons. The number of urea groups is 1. The van der Waals surface area contributed by atoms with Gasteiger partial charge in [-0.05, 0) is 12.1 Å². The van der Waals surface area contributed by atoms with Crippen molar-refractivity contribution in [3.05, 3.63) is 24.0 Å². The van der Waals surface area contributed by atoms with E-state index in [1.807, 2.05) is 0 Å². The molecule has 0 radical (unpaired) electrons. The highest BCUT2D eigenvalue weighted by atomic mass is 19.4. The summed E-state index contributed by atoms with van der Waals surface area (Å²) in [6, 6.07) is 1.63. The van der Waals surface area contributed by atoms with E-state index in [1.165, 1.54) is 11.0 Å². The minimum Gasteiger partial charge on any atom is -0.378 e. The molecule has 1 aromatic heterocycles. The van der Waals surface area contributed by atoms with Crippen LogP contribution in [0.4, 0.5) is 23.7 Å². The van der Waals surface area contributed by atoms with Gasteiger partial charge in [0.15, 0.2) is 0 Å². The number of hydrogen-bond acceptors (Lipinski definition) is 3. The van der Waals surface area contributed by atoms with Crippen LogP contribution in [0.3, 0.4) is 0 Å². The van der Waals surface area contributed by atoms with Gasteiger partial charge in [0.05, 0.1) is 25.1 Å². The first-order valence-electron chi connectivity index (χ1n) is 5.64.